The molecule has 0 atom stereocenters. The molecule has 0 N–H and O–H groups in total. The van der Waals surface area contributed by atoms with Crippen LogP contribution in [0.15, 0.2) is 30.3 Å². The highest BCUT2D eigenvalue weighted by Gasteiger charge is 1.96. The van der Waals surface area contributed by atoms with E-state index in [2.05, 4.69) is 6.07 Å². The number of benzene rings is 1. The standard InChI is InChI=1S/C13H13NO2/c1-2-16-13(15)8-4-6-11-5-3-7-12(9-11)10-14/h3-7,9H,2,8H2,1H3/b6-4+. The van der Waals surface area contributed by atoms with Crippen molar-refractivity contribution in [3.05, 3.63) is 41.5 Å². The molecule has 0 spiro atoms. The van der Waals surface area contributed by atoms with E-state index in [1.807, 2.05) is 12.1 Å². The van der Waals surface area contributed by atoms with E-state index in [-0.39, 0.29) is 12.4 Å². The lowest BCUT2D eigenvalue weighted by molar-refractivity contribution is -0.142. The molecule has 16 heavy (non-hydrogen) atoms. The third-order valence-electron chi connectivity index (χ3n) is 1.92. The summed E-state index contributed by atoms with van der Waals surface area (Å²) < 4.78 is 4.78. The lowest BCUT2D eigenvalue weighted by atomic mass is 10.1. The molecule has 1 aromatic carbocycles. The number of carbonyl (C=O) groups excluding carboxylic acids is 1. The van der Waals surface area contributed by atoms with Gasteiger partial charge in [0.15, 0.2) is 0 Å². The summed E-state index contributed by atoms with van der Waals surface area (Å²) in [6.07, 6.45) is 3.79. The molecular formula is C13H13NO2. The van der Waals surface area contributed by atoms with Gasteiger partial charge in [-0.3, -0.25) is 4.79 Å². The number of nitrogens with zero attached hydrogens (tertiary/aromatic N) is 1. The molecular weight excluding hydrogens is 202 g/mol. The van der Waals surface area contributed by atoms with Crippen molar-refractivity contribution >= 4 is 12.0 Å². The van der Waals surface area contributed by atoms with Gasteiger partial charge in [0.05, 0.1) is 24.7 Å². The van der Waals surface area contributed by atoms with Crippen LogP contribution in [0, 0.1) is 11.3 Å². The number of nitriles is 1. The number of ether oxygens (including phenoxy) is 1. The Morgan fingerprint density at radius 2 is 2.38 bits per heavy atom. The van der Waals surface area contributed by atoms with Gasteiger partial charge in [0, 0.05) is 0 Å². The van der Waals surface area contributed by atoms with Gasteiger partial charge < -0.3 is 4.74 Å². The highest BCUT2D eigenvalue weighted by Crippen LogP contribution is 2.06. The smallest absolute Gasteiger partial charge is 0.309 e. The van der Waals surface area contributed by atoms with Crippen LogP contribution in [0.2, 0.25) is 0 Å². The van der Waals surface area contributed by atoms with Gasteiger partial charge in [-0.1, -0.05) is 24.3 Å². The molecule has 1 aromatic rings. The van der Waals surface area contributed by atoms with Crippen molar-refractivity contribution in [2.24, 2.45) is 0 Å². The first-order chi connectivity index (χ1) is 7.76. The molecule has 1 rings (SSSR count). The Balaban J connectivity index is 2.56. The fourth-order valence-corrected chi connectivity index (χ4v) is 1.22. The van der Waals surface area contributed by atoms with Crippen molar-refractivity contribution < 1.29 is 9.53 Å². The summed E-state index contributed by atoms with van der Waals surface area (Å²) >= 11 is 0. The molecule has 0 saturated carbocycles. The van der Waals surface area contributed by atoms with Crippen molar-refractivity contribution in [2.45, 2.75) is 13.3 Å². The highest BCUT2D eigenvalue weighted by atomic mass is 16.5. The molecule has 3 heteroatoms. The summed E-state index contributed by atoms with van der Waals surface area (Å²) in [4.78, 5) is 11.0. The molecule has 0 aliphatic carbocycles. The molecule has 0 radical (unpaired) electrons. The molecule has 0 aromatic heterocycles. The molecule has 0 aliphatic rings. The fourth-order valence-electron chi connectivity index (χ4n) is 1.22. The zero-order valence-corrected chi connectivity index (χ0v) is 9.14. The van der Waals surface area contributed by atoms with E-state index in [4.69, 9.17) is 10.00 Å². The maximum absolute atomic E-state index is 11.0. The van der Waals surface area contributed by atoms with Crippen LogP contribution in [-0.2, 0) is 9.53 Å². The van der Waals surface area contributed by atoms with Gasteiger partial charge in [-0.15, -0.1) is 0 Å². The van der Waals surface area contributed by atoms with Gasteiger partial charge in [0.25, 0.3) is 0 Å². The van der Waals surface area contributed by atoms with Crippen LogP contribution in [0.5, 0.6) is 0 Å². The molecule has 0 saturated heterocycles. The van der Waals surface area contributed by atoms with E-state index in [1.54, 1.807) is 31.2 Å². The van der Waals surface area contributed by atoms with Gasteiger partial charge in [0.1, 0.15) is 0 Å². The Labute approximate surface area is 95.0 Å². The van der Waals surface area contributed by atoms with Crippen LogP contribution >= 0.6 is 0 Å². The van der Waals surface area contributed by atoms with Crippen molar-refractivity contribution in [2.75, 3.05) is 6.61 Å². The maximum atomic E-state index is 11.0. The van der Waals surface area contributed by atoms with E-state index < -0.39 is 0 Å². The predicted molar refractivity (Wildman–Crippen MR) is 61.4 cm³/mol. The third-order valence-corrected chi connectivity index (χ3v) is 1.92. The number of rotatable bonds is 4. The summed E-state index contributed by atoms with van der Waals surface area (Å²) in [5, 5.41) is 8.70. The second kappa shape index (κ2) is 6.41. The summed E-state index contributed by atoms with van der Waals surface area (Å²) in [5.74, 6) is -0.241. The zero-order chi connectivity index (χ0) is 11.8. The topological polar surface area (TPSA) is 50.1 Å². The first kappa shape index (κ1) is 12.0. The van der Waals surface area contributed by atoms with Crippen LogP contribution in [0.4, 0.5) is 0 Å². The third kappa shape index (κ3) is 3.97. The Hall–Kier alpha value is -2.08. The average Bonchev–Trinajstić information content (AvgIpc) is 2.30. The minimum Gasteiger partial charge on any atom is -0.466 e. The van der Waals surface area contributed by atoms with E-state index in [0.717, 1.165) is 5.56 Å². The molecule has 3 nitrogen and oxygen atoms in total. The van der Waals surface area contributed by atoms with Gasteiger partial charge >= 0.3 is 5.97 Å². The van der Waals surface area contributed by atoms with E-state index in [9.17, 15) is 4.79 Å². The second-order valence-electron chi connectivity index (χ2n) is 3.15. The Morgan fingerprint density at radius 1 is 1.56 bits per heavy atom. The summed E-state index contributed by atoms with van der Waals surface area (Å²) in [5.41, 5.74) is 1.52. The van der Waals surface area contributed by atoms with Gasteiger partial charge in [0.2, 0.25) is 0 Å². The predicted octanol–water partition coefficient (Wildman–Crippen LogP) is 2.52. The van der Waals surface area contributed by atoms with Crippen molar-refractivity contribution in [3.63, 3.8) is 0 Å². The fraction of sp³-hybridized carbons (Fsp3) is 0.231. The largest absolute Gasteiger partial charge is 0.466 e. The highest BCUT2D eigenvalue weighted by molar-refractivity contribution is 5.72. The van der Waals surface area contributed by atoms with Gasteiger partial charge in [-0.2, -0.15) is 5.26 Å². The lowest BCUT2D eigenvalue weighted by Gasteiger charge is -1.97. The molecule has 0 unspecified atom stereocenters. The minimum atomic E-state index is -0.241. The molecule has 0 bridgehead atoms. The first-order valence-corrected chi connectivity index (χ1v) is 5.08. The molecule has 0 heterocycles. The summed E-state index contributed by atoms with van der Waals surface area (Å²) in [6.45, 7) is 2.18. The summed E-state index contributed by atoms with van der Waals surface area (Å²) in [6, 6.07) is 9.25. The van der Waals surface area contributed by atoms with Gasteiger partial charge in [-0.05, 0) is 24.6 Å². The van der Waals surface area contributed by atoms with Gasteiger partial charge in [-0.25, -0.2) is 0 Å². The van der Waals surface area contributed by atoms with E-state index in [0.29, 0.717) is 12.2 Å². The van der Waals surface area contributed by atoms with Crippen LogP contribution < -0.4 is 0 Å². The minimum absolute atomic E-state index is 0.241. The lowest BCUT2D eigenvalue weighted by Crippen LogP contribution is -2.01. The van der Waals surface area contributed by atoms with Crippen LogP contribution in [0.3, 0.4) is 0 Å². The quantitative estimate of drug-likeness (QED) is 0.725. The second-order valence-corrected chi connectivity index (χ2v) is 3.15. The van der Waals surface area contributed by atoms with E-state index in [1.165, 1.54) is 0 Å². The Morgan fingerprint density at radius 3 is 3.06 bits per heavy atom. The van der Waals surface area contributed by atoms with Crippen LogP contribution in [0.25, 0.3) is 6.08 Å². The number of carbonyl (C=O) groups is 1. The average molecular weight is 215 g/mol. The van der Waals surface area contributed by atoms with Crippen LogP contribution in [-0.4, -0.2) is 12.6 Å². The maximum Gasteiger partial charge on any atom is 0.309 e. The van der Waals surface area contributed by atoms with Crippen molar-refractivity contribution in [3.8, 4) is 6.07 Å². The SMILES string of the molecule is CCOC(=O)C/C=C/c1cccc(C#N)c1. The molecule has 0 aliphatic heterocycles. The Kier molecular flexibility index (Phi) is 4.81. The zero-order valence-electron chi connectivity index (χ0n) is 9.14. The molecule has 82 valence electrons. The van der Waals surface area contributed by atoms with E-state index >= 15 is 0 Å². The normalized spacial score (nSPS) is 10.0. The number of hydrogen-bond donors (Lipinski definition) is 0. The Bertz CT molecular complexity index is 430. The van der Waals surface area contributed by atoms with Crippen molar-refractivity contribution in [1.82, 2.24) is 0 Å². The number of hydrogen-bond acceptors (Lipinski definition) is 3. The number of esters is 1. The monoisotopic (exact) mass is 215 g/mol. The summed E-state index contributed by atoms with van der Waals surface area (Å²) in [7, 11) is 0. The van der Waals surface area contributed by atoms with Crippen LogP contribution in [0.1, 0.15) is 24.5 Å². The molecule has 0 amide bonds. The molecule has 0 fully saturated rings. The van der Waals surface area contributed by atoms with Crippen molar-refractivity contribution in [1.29, 1.82) is 5.26 Å². The first-order valence-electron chi connectivity index (χ1n) is 5.08.